The van der Waals surface area contributed by atoms with Gasteiger partial charge >= 0.3 is 0 Å². The molecule has 0 radical (unpaired) electrons. The standard InChI is InChI=1S/2C11H15ClO.C11H16O.C10H14O.2C7H16O.C6H15N.C6H14O.CH4/c1-11(2,3)13-8-9-4-6-10(12)7-5-9;1-11(2,3)13-8-9-5-4-6-10(12)7-9;1-11(2,3)12-9-10-7-5-4-6-8-10;1-10(2,3)11-9-7-5-4-6-8-9;1-6(2)8-7(3,4)5;1-5-6-8-7(2,3)4;1-6(2,3)7(4)5;1-5-7-6(2,3)4;/h2*4-7H,8H2,1-3H3;4-8H,9H2,1-3H3;4-8H,1-3H3;6H,1-5H3;5-6H2,1-4H3;1-5H3;5H2,1-4H3;1H4. The second-order valence-electron chi connectivity index (χ2n) is 27.3. The van der Waals surface area contributed by atoms with Gasteiger partial charge in [0.2, 0.25) is 0 Å². The molecule has 0 aliphatic carbocycles. The van der Waals surface area contributed by atoms with Gasteiger partial charge in [-0.1, -0.05) is 110 Å². The van der Waals surface area contributed by atoms with E-state index in [1.165, 1.54) is 5.56 Å². The molecule has 0 unspecified atom stereocenters. The van der Waals surface area contributed by atoms with E-state index in [-0.39, 0.29) is 46.6 Å². The topological polar surface area (TPSA) is 67.9 Å². The lowest BCUT2D eigenvalue weighted by atomic mass is 10.1. The summed E-state index contributed by atoms with van der Waals surface area (Å²) in [5.41, 5.74) is 3.63. The highest BCUT2D eigenvalue weighted by Crippen LogP contribution is 2.19. The van der Waals surface area contributed by atoms with Gasteiger partial charge in [0.15, 0.2) is 0 Å². The molecule has 0 N–H and O–H groups in total. The van der Waals surface area contributed by atoms with Crippen molar-refractivity contribution in [2.45, 2.75) is 278 Å². The molecule has 0 saturated heterocycles. The van der Waals surface area contributed by atoms with Crippen LogP contribution < -0.4 is 4.74 Å². The van der Waals surface area contributed by atoms with Crippen LogP contribution in [0.3, 0.4) is 0 Å². The molecule has 0 amide bonds. The summed E-state index contributed by atoms with van der Waals surface area (Å²) < 4.78 is 38.5. The third kappa shape index (κ3) is 71.1. The van der Waals surface area contributed by atoms with Crippen LogP contribution in [0.5, 0.6) is 5.75 Å². The Labute approximate surface area is 506 Å². The van der Waals surface area contributed by atoms with Crippen molar-refractivity contribution >= 4 is 23.2 Å². The van der Waals surface area contributed by atoms with Gasteiger partial charge in [0.05, 0.1) is 59.5 Å². The maximum absolute atomic E-state index is 5.84. The largest absolute Gasteiger partial charge is 0.488 e. The molecule has 10 heteroatoms. The van der Waals surface area contributed by atoms with Crippen LogP contribution in [0.25, 0.3) is 0 Å². The lowest BCUT2D eigenvalue weighted by Gasteiger charge is -2.27. The SMILES string of the molecule is C.CC(C)(C)OCc1ccc(Cl)cc1.CC(C)(C)OCc1cccc(Cl)c1.CC(C)(C)OCc1ccccc1.CC(C)(C)Oc1ccccc1.CC(C)OC(C)(C)C.CCCOC(C)(C)C.CCOC(C)(C)C.CN(C)C(C)(C)C. The summed E-state index contributed by atoms with van der Waals surface area (Å²) in [6.45, 7) is 61.6. The molecule has 4 aromatic carbocycles. The van der Waals surface area contributed by atoms with E-state index in [9.17, 15) is 0 Å². The van der Waals surface area contributed by atoms with Gasteiger partial charge in [-0.2, -0.15) is 0 Å². The number of ether oxygens (including phenoxy) is 7. The zero-order valence-electron chi connectivity index (χ0n) is 56.3. The van der Waals surface area contributed by atoms with E-state index < -0.39 is 0 Å². The smallest absolute Gasteiger partial charge is 0.120 e. The molecule has 4 rings (SSSR count). The van der Waals surface area contributed by atoms with E-state index >= 15 is 0 Å². The summed E-state index contributed by atoms with van der Waals surface area (Å²) in [4.78, 5) is 2.19. The predicted molar refractivity (Wildman–Crippen MR) is 353 cm³/mol. The summed E-state index contributed by atoms with van der Waals surface area (Å²) in [6.07, 6.45) is 1.45. The lowest BCUT2D eigenvalue weighted by molar-refractivity contribution is -0.0425. The quantitative estimate of drug-likeness (QED) is 0.147. The Balaban J connectivity index is -0.000000271. The average Bonchev–Trinajstić information content (AvgIpc) is 3.26. The second kappa shape index (κ2) is 42.7. The number of para-hydroxylation sites is 1. The van der Waals surface area contributed by atoms with Crippen LogP contribution in [0.2, 0.25) is 10.0 Å². The number of benzene rings is 4. The Hall–Kier alpha value is -3.02. The highest BCUT2D eigenvalue weighted by molar-refractivity contribution is 6.30. The third-order valence-corrected chi connectivity index (χ3v) is 9.56. The van der Waals surface area contributed by atoms with Crippen molar-refractivity contribution in [1.82, 2.24) is 4.90 Å². The molecule has 8 nitrogen and oxygen atoms in total. The highest BCUT2D eigenvalue weighted by Gasteiger charge is 2.14. The fourth-order valence-electron chi connectivity index (χ4n) is 5.07. The summed E-state index contributed by atoms with van der Waals surface area (Å²) >= 11 is 11.6. The van der Waals surface area contributed by atoms with E-state index in [0.717, 1.165) is 46.6 Å². The number of rotatable bonds is 11. The van der Waals surface area contributed by atoms with Gasteiger partial charge in [-0.15, -0.1) is 0 Å². The van der Waals surface area contributed by atoms with Gasteiger partial charge in [-0.05, 0) is 261 Å². The van der Waals surface area contributed by atoms with Gasteiger partial charge in [0.25, 0.3) is 0 Å². The molecule has 0 fully saturated rings. The summed E-state index contributed by atoms with van der Waals surface area (Å²) in [5, 5.41) is 1.52. The third-order valence-electron chi connectivity index (χ3n) is 9.08. The fourth-order valence-corrected chi connectivity index (χ4v) is 5.41. The first kappa shape index (κ1) is 85.8. The van der Waals surface area contributed by atoms with Crippen molar-refractivity contribution in [2.75, 3.05) is 27.3 Å². The van der Waals surface area contributed by atoms with Crippen LogP contribution in [-0.2, 0) is 48.2 Å². The summed E-state index contributed by atoms with van der Waals surface area (Å²) in [7, 11) is 4.17. The Bertz CT molecular complexity index is 2000. The van der Waals surface area contributed by atoms with Crippen molar-refractivity contribution in [2.24, 2.45) is 0 Å². The molecule has 80 heavy (non-hydrogen) atoms. The molecule has 0 saturated carbocycles. The molecule has 0 aliphatic heterocycles. The molecule has 0 heterocycles. The second-order valence-corrected chi connectivity index (χ2v) is 28.2. The van der Waals surface area contributed by atoms with E-state index in [4.69, 9.17) is 56.4 Å². The Morgan fingerprint density at radius 2 is 0.750 bits per heavy atom. The molecular weight excluding hydrogens is 1040 g/mol. The number of nitrogens with zero attached hydrogens (tertiary/aromatic N) is 1. The average molecular weight is 1160 g/mol. The molecule has 0 bridgehead atoms. The van der Waals surface area contributed by atoms with Crippen molar-refractivity contribution in [3.05, 3.63) is 136 Å². The van der Waals surface area contributed by atoms with E-state index in [0.29, 0.717) is 31.5 Å². The first-order valence-electron chi connectivity index (χ1n) is 28.4. The van der Waals surface area contributed by atoms with Gasteiger partial charge in [0, 0.05) is 28.8 Å². The number of hydrogen-bond donors (Lipinski definition) is 0. The summed E-state index contributed by atoms with van der Waals surface area (Å²) in [6, 6.07) is 35.5. The van der Waals surface area contributed by atoms with E-state index in [2.05, 4.69) is 142 Å². The molecule has 466 valence electrons. The van der Waals surface area contributed by atoms with E-state index in [1.54, 1.807) is 0 Å². The van der Waals surface area contributed by atoms with Crippen LogP contribution in [0.1, 0.15) is 224 Å². The van der Waals surface area contributed by atoms with Crippen molar-refractivity contribution < 1.29 is 33.2 Å². The molecule has 0 atom stereocenters. The van der Waals surface area contributed by atoms with Crippen molar-refractivity contribution in [3.63, 3.8) is 0 Å². The number of halogens is 2. The van der Waals surface area contributed by atoms with Gasteiger partial charge in [-0.3, -0.25) is 0 Å². The molecule has 0 aliphatic rings. The predicted octanol–water partition coefficient (Wildman–Crippen LogP) is 21.4. The minimum absolute atomic E-state index is 0. The van der Waals surface area contributed by atoms with Crippen molar-refractivity contribution in [1.29, 1.82) is 0 Å². The minimum atomic E-state index is -0.0959. The van der Waals surface area contributed by atoms with Crippen LogP contribution in [0.4, 0.5) is 0 Å². The summed E-state index contributed by atoms with van der Waals surface area (Å²) in [5.74, 6) is 0.931. The Morgan fingerprint density at radius 1 is 0.400 bits per heavy atom. The van der Waals surface area contributed by atoms with Crippen LogP contribution in [0, 0.1) is 0 Å². The molecule has 4 aromatic rings. The normalized spacial score (nSPS) is 11.7. The van der Waals surface area contributed by atoms with Gasteiger partial charge < -0.3 is 38.1 Å². The maximum Gasteiger partial charge on any atom is 0.120 e. The van der Waals surface area contributed by atoms with Crippen LogP contribution >= 0.6 is 23.2 Å². The zero-order chi connectivity index (χ0) is 62.5. The molecule has 0 spiro atoms. The zero-order valence-corrected chi connectivity index (χ0v) is 57.8. The maximum atomic E-state index is 5.84. The van der Waals surface area contributed by atoms with Gasteiger partial charge in [0.1, 0.15) is 11.4 Å². The lowest BCUT2D eigenvalue weighted by Crippen LogP contribution is -2.34. The molecule has 0 aromatic heterocycles. The van der Waals surface area contributed by atoms with Crippen LogP contribution in [-0.4, -0.2) is 83.1 Å². The fraction of sp³-hybridized carbons (Fsp3) is 0.657. The number of hydrogen-bond acceptors (Lipinski definition) is 8. The first-order chi connectivity index (χ1) is 35.6. The highest BCUT2D eigenvalue weighted by atomic mass is 35.5. The first-order valence-corrected chi connectivity index (χ1v) is 29.2. The van der Waals surface area contributed by atoms with Crippen LogP contribution in [0.15, 0.2) is 109 Å². The van der Waals surface area contributed by atoms with Gasteiger partial charge in [-0.25, -0.2) is 0 Å². The Morgan fingerprint density at radius 3 is 1.01 bits per heavy atom. The monoisotopic (exact) mass is 1160 g/mol. The minimum Gasteiger partial charge on any atom is -0.488 e. The van der Waals surface area contributed by atoms with Crippen molar-refractivity contribution in [3.8, 4) is 5.75 Å². The van der Waals surface area contributed by atoms with E-state index in [1.807, 2.05) is 180 Å². The molecular formula is C70H125Cl2NO7. The Kier molecular flexibility index (Phi) is 45.8.